The van der Waals surface area contributed by atoms with E-state index in [0.717, 1.165) is 30.6 Å². The van der Waals surface area contributed by atoms with Gasteiger partial charge in [0.05, 0.1) is 5.69 Å². The molecule has 3 heterocycles. The number of rotatable bonds is 5. The number of nitrogens with one attached hydrogen (secondary N) is 1. The number of benzene rings is 1. The molecule has 1 aromatic heterocycles. The molecule has 0 aliphatic carbocycles. The molecule has 0 saturated carbocycles. The summed E-state index contributed by atoms with van der Waals surface area (Å²) in [6.07, 6.45) is 4.60. The number of sulfonamides is 1. The van der Waals surface area contributed by atoms with Crippen LogP contribution in [0.4, 0.5) is 0 Å². The van der Waals surface area contributed by atoms with Gasteiger partial charge in [0.15, 0.2) is 5.03 Å². The second-order valence-electron chi connectivity index (χ2n) is 7.18. The quantitative estimate of drug-likeness (QED) is 0.804. The minimum Gasteiger partial charge on any atom is -0.308 e. The summed E-state index contributed by atoms with van der Waals surface area (Å²) in [5.41, 5.74) is 2.27. The van der Waals surface area contributed by atoms with Crippen molar-refractivity contribution >= 4 is 16.2 Å². The Morgan fingerprint density at radius 3 is 2.48 bits per heavy atom. The molecule has 142 valence electrons. The first kappa shape index (κ1) is 18.3. The first-order chi connectivity index (χ1) is 13.1. The summed E-state index contributed by atoms with van der Waals surface area (Å²) in [6.45, 7) is 3.28. The molecule has 0 bridgehead atoms. The van der Waals surface area contributed by atoms with Crippen LogP contribution in [0, 0.1) is 5.41 Å². The van der Waals surface area contributed by atoms with Crippen LogP contribution in [0.25, 0.3) is 11.3 Å². The van der Waals surface area contributed by atoms with Gasteiger partial charge in [0.25, 0.3) is 10.0 Å². The number of pyridine rings is 1. The third-order valence-corrected chi connectivity index (χ3v) is 7.25. The highest BCUT2D eigenvalue weighted by Gasteiger charge is 2.36. The molecular formula is C20H24N4O2S. The van der Waals surface area contributed by atoms with Crippen molar-refractivity contribution < 1.29 is 8.42 Å². The first-order valence-electron chi connectivity index (χ1n) is 9.40. The third kappa shape index (κ3) is 3.67. The predicted octanol–water partition coefficient (Wildman–Crippen LogP) is 2.61. The van der Waals surface area contributed by atoms with Gasteiger partial charge in [0.1, 0.15) is 0 Å². The van der Waals surface area contributed by atoms with Crippen molar-refractivity contribution in [2.24, 2.45) is 0 Å². The Bertz CT molecular complexity index is 921. The van der Waals surface area contributed by atoms with Crippen LogP contribution in [-0.2, 0) is 10.0 Å². The Morgan fingerprint density at radius 1 is 1.04 bits per heavy atom. The SMILES string of the molecule is N=Cc1ccc(-c2cccc(S(=O)(=O)N3CCC(N4CCCC4)C3)n2)cc1. The van der Waals surface area contributed by atoms with Crippen molar-refractivity contribution in [2.75, 3.05) is 26.2 Å². The van der Waals surface area contributed by atoms with E-state index in [1.165, 1.54) is 19.1 Å². The van der Waals surface area contributed by atoms with E-state index in [1.54, 1.807) is 16.4 Å². The summed E-state index contributed by atoms with van der Waals surface area (Å²) >= 11 is 0. The standard InChI is InChI=1S/C20H24N4O2S/c21-14-16-6-8-17(9-7-16)19-4-3-5-20(22-19)27(25,26)24-13-10-18(15-24)23-11-1-2-12-23/h3-9,14,18,21H,1-2,10-13,15H2. The molecule has 2 aliphatic heterocycles. The summed E-state index contributed by atoms with van der Waals surface area (Å²) in [7, 11) is -3.59. The lowest BCUT2D eigenvalue weighted by atomic mass is 10.1. The molecular weight excluding hydrogens is 360 g/mol. The zero-order valence-corrected chi connectivity index (χ0v) is 16.0. The van der Waals surface area contributed by atoms with Gasteiger partial charge in [-0.05, 0) is 50.0 Å². The van der Waals surface area contributed by atoms with Crippen molar-refractivity contribution in [3.8, 4) is 11.3 Å². The Labute approximate surface area is 160 Å². The van der Waals surface area contributed by atoms with Crippen LogP contribution in [0.15, 0.2) is 47.5 Å². The molecule has 1 atom stereocenters. The van der Waals surface area contributed by atoms with Gasteiger partial charge in [-0.25, -0.2) is 13.4 Å². The van der Waals surface area contributed by atoms with Gasteiger partial charge in [-0.1, -0.05) is 30.3 Å². The highest BCUT2D eigenvalue weighted by atomic mass is 32.2. The molecule has 1 aromatic carbocycles. The number of hydrogen-bond donors (Lipinski definition) is 1. The normalized spacial score (nSPS) is 21.6. The van der Waals surface area contributed by atoms with Gasteiger partial charge in [-0.3, -0.25) is 4.90 Å². The Morgan fingerprint density at radius 2 is 1.78 bits per heavy atom. The predicted molar refractivity (Wildman–Crippen MR) is 106 cm³/mol. The fraction of sp³-hybridized carbons (Fsp3) is 0.400. The minimum atomic E-state index is -3.59. The topological polar surface area (TPSA) is 77.4 Å². The largest absolute Gasteiger partial charge is 0.308 e. The van der Waals surface area contributed by atoms with Gasteiger partial charge in [-0.2, -0.15) is 4.31 Å². The molecule has 2 fully saturated rings. The molecule has 0 radical (unpaired) electrons. The molecule has 1 unspecified atom stereocenters. The lowest BCUT2D eigenvalue weighted by molar-refractivity contribution is 0.251. The van der Waals surface area contributed by atoms with Crippen molar-refractivity contribution in [3.05, 3.63) is 48.0 Å². The van der Waals surface area contributed by atoms with E-state index >= 15 is 0 Å². The maximum absolute atomic E-state index is 13.1. The maximum atomic E-state index is 13.1. The average molecular weight is 385 g/mol. The summed E-state index contributed by atoms with van der Waals surface area (Å²) in [4.78, 5) is 6.86. The van der Waals surface area contributed by atoms with Crippen molar-refractivity contribution in [2.45, 2.75) is 30.3 Å². The summed E-state index contributed by atoms with van der Waals surface area (Å²) in [5, 5.41) is 7.39. The van der Waals surface area contributed by atoms with Crippen LogP contribution < -0.4 is 0 Å². The van der Waals surface area contributed by atoms with E-state index in [1.807, 2.05) is 30.3 Å². The molecule has 6 nitrogen and oxygen atoms in total. The summed E-state index contributed by atoms with van der Waals surface area (Å²) < 4.78 is 27.8. The smallest absolute Gasteiger partial charge is 0.260 e. The zero-order valence-electron chi connectivity index (χ0n) is 15.2. The van der Waals surface area contributed by atoms with Crippen LogP contribution in [-0.4, -0.2) is 61.0 Å². The molecule has 2 aromatic rings. The molecule has 2 saturated heterocycles. The third-order valence-electron chi connectivity index (χ3n) is 5.48. The van der Waals surface area contributed by atoms with E-state index in [-0.39, 0.29) is 5.03 Å². The number of nitrogens with zero attached hydrogens (tertiary/aromatic N) is 3. The van der Waals surface area contributed by atoms with Crippen molar-refractivity contribution in [1.29, 1.82) is 5.41 Å². The van der Waals surface area contributed by atoms with E-state index in [0.29, 0.717) is 24.8 Å². The fourth-order valence-corrected chi connectivity index (χ4v) is 5.38. The van der Waals surface area contributed by atoms with Gasteiger partial charge >= 0.3 is 0 Å². The lowest BCUT2D eigenvalue weighted by Crippen LogP contribution is -2.37. The maximum Gasteiger partial charge on any atom is 0.260 e. The zero-order chi connectivity index (χ0) is 18.9. The van der Waals surface area contributed by atoms with E-state index < -0.39 is 10.0 Å². The Balaban J connectivity index is 1.56. The molecule has 4 rings (SSSR count). The lowest BCUT2D eigenvalue weighted by Gasteiger charge is -2.23. The molecule has 7 heteroatoms. The first-order valence-corrected chi connectivity index (χ1v) is 10.8. The van der Waals surface area contributed by atoms with E-state index in [2.05, 4.69) is 9.88 Å². The summed E-state index contributed by atoms with van der Waals surface area (Å²) in [6, 6.07) is 12.8. The van der Waals surface area contributed by atoms with E-state index in [9.17, 15) is 8.42 Å². The van der Waals surface area contributed by atoms with Crippen LogP contribution in [0.5, 0.6) is 0 Å². The van der Waals surface area contributed by atoms with Crippen LogP contribution in [0.2, 0.25) is 0 Å². The van der Waals surface area contributed by atoms with Crippen molar-refractivity contribution in [3.63, 3.8) is 0 Å². The fourth-order valence-electron chi connectivity index (χ4n) is 3.94. The monoisotopic (exact) mass is 384 g/mol. The number of likely N-dealkylation sites (tertiary alicyclic amines) is 1. The minimum absolute atomic E-state index is 0.109. The molecule has 0 amide bonds. The van der Waals surface area contributed by atoms with Crippen LogP contribution in [0.1, 0.15) is 24.8 Å². The van der Waals surface area contributed by atoms with E-state index in [4.69, 9.17) is 5.41 Å². The number of hydrogen-bond acceptors (Lipinski definition) is 5. The van der Waals surface area contributed by atoms with Gasteiger partial charge < -0.3 is 5.41 Å². The van der Waals surface area contributed by atoms with Gasteiger partial charge in [0, 0.05) is 30.9 Å². The summed E-state index contributed by atoms with van der Waals surface area (Å²) in [5.74, 6) is 0. The second kappa shape index (κ2) is 7.50. The highest BCUT2D eigenvalue weighted by molar-refractivity contribution is 7.89. The van der Waals surface area contributed by atoms with Gasteiger partial charge in [-0.15, -0.1) is 0 Å². The van der Waals surface area contributed by atoms with Crippen LogP contribution >= 0.6 is 0 Å². The van der Waals surface area contributed by atoms with Gasteiger partial charge in [0.2, 0.25) is 0 Å². The Hall–Kier alpha value is -2.09. The number of aromatic nitrogens is 1. The van der Waals surface area contributed by atoms with Crippen LogP contribution in [0.3, 0.4) is 0 Å². The Kier molecular flexibility index (Phi) is 5.08. The second-order valence-corrected chi connectivity index (χ2v) is 9.06. The average Bonchev–Trinajstić information content (AvgIpc) is 3.40. The van der Waals surface area contributed by atoms with Crippen molar-refractivity contribution in [1.82, 2.24) is 14.2 Å². The molecule has 2 aliphatic rings. The molecule has 27 heavy (non-hydrogen) atoms. The highest BCUT2D eigenvalue weighted by Crippen LogP contribution is 2.26. The molecule has 1 N–H and O–H groups in total. The molecule has 0 spiro atoms.